The molecule has 1 N–H and O–H groups in total. The normalized spacial score (nSPS) is 10.4. The topological polar surface area (TPSA) is 53.7 Å². The van der Waals surface area contributed by atoms with Crippen molar-refractivity contribution in [3.63, 3.8) is 0 Å². The predicted molar refractivity (Wildman–Crippen MR) is 67.2 cm³/mol. The van der Waals surface area contributed by atoms with Crippen LogP contribution in [0.15, 0.2) is 41.2 Å². The van der Waals surface area contributed by atoms with Crippen molar-refractivity contribution < 1.29 is 18.7 Å². The summed E-state index contributed by atoms with van der Waals surface area (Å²) in [6.07, 6.45) is 3.06. The van der Waals surface area contributed by atoms with Crippen LogP contribution in [0.4, 0.5) is 4.39 Å². The predicted octanol–water partition coefficient (Wildman–Crippen LogP) is 2.79. The van der Waals surface area contributed by atoms with E-state index in [-0.39, 0.29) is 11.3 Å². The summed E-state index contributed by atoms with van der Waals surface area (Å²) in [5, 5.41) is 9.64. The Morgan fingerprint density at radius 3 is 2.84 bits per heavy atom. The lowest BCUT2D eigenvalue weighted by Gasteiger charge is -2.20. The molecule has 19 heavy (non-hydrogen) atoms. The number of aromatic hydroxyl groups is 1. The van der Waals surface area contributed by atoms with Crippen molar-refractivity contribution in [3.05, 3.63) is 53.7 Å². The molecule has 0 bridgehead atoms. The number of benzene rings is 1. The van der Waals surface area contributed by atoms with Gasteiger partial charge in [-0.05, 0) is 31.2 Å². The number of phenols is 1. The van der Waals surface area contributed by atoms with Gasteiger partial charge in [0, 0.05) is 18.7 Å². The summed E-state index contributed by atoms with van der Waals surface area (Å²) in [7, 11) is 0. The van der Waals surface area contributed by atoms with Crippen LogP contribution in [-0.2, 0) is 6.54 Å². The Kier molecular flexibility index (Phi) is 3.85. The molecule has 0 radical (unpaired) electrons. The molecule has 100 valence electrons. The smallest absolute Gasteiger partial charge is 0.258 e. The van der Waals surface area contributed by atoms with Gasteiger partial charge in [-0.15, -0.1) is 0 Å². The van der Waals surface area contributed by atoms with Crippen molar-refractivity contribution in [1.29, 1.82) is 0 Å². The number of halogens is 1. The van der Waals surface area contributed by atoms with Crippen LogP contribution in [-0.4, -0.2) is 22.5 Å². The third-order valence-corrected chi connectivity index (χ3v) is 2.81. The minimum Gasteiger partial charge on any atom is -0.507 e. The average molecular weight is 263 g/mol. The summed E-state index contributed by atoms with van der Waals surface area (Å²) in [6, 6.07) is 5.07. The highest BCUT2D eigenvalue weighted by molar-refractivity contribution is 5.96. The van der Waals surface area contributed by atoms with E-state index in [1.807, 2.05) is 6.92 Å². The maximum Gasteiger partial charge on any atom is 0.258 e. The zero-order valence-corrected chi connectivity index (χ0v) is 10.5. The Morgan fingerprint density at radius 1 is 1.42 bits per heavy atom. The molecule has 5 heteroatoms. The molecule has 0 atom stereocenters. The van der Waals surface area contributed by atoms with E-state index < -0.39 is 11.7 Å². The van der Waals surface area contributed by atoms with Crippen LogP contribution in [0.2, 0.25) is 0 Å². The molecule has 1 heterocycles. The molecule has 0 aliphatic carbocycles. The lowest BCUT2D eigenvalue weighted by atomic mass is 10.1. The number of hydrogen-bond donors (Lipinski definition) is 1. The number of carbonyl (C=O) groups excluding carboxylic acids is 1. The first-order valence-electron chi connectivity index (χ1n) is 5.90. The average Bonchev–Trinajstić information content (AvgIpc) is 2.91. The standard InChI is InChI=1S/C14H14FNO3/c1-2-16(8-10-5-6-19-9-10)14(18)12-7-11(15)3-4-13(12)17/h3-7,9,17H,2,8H2,1H3. The quantitative estimate of drug-likeness (QED) is 0.922. The van der Waals surface area contributed by atoms with Crippen LogP contribution >= 0.6 is 0 Å². The van der Waals surface area contributed by atoms with Crippen molar-refractivity contribution in [2.45, 2.75) is 13.5 Å². The summed E-state index contributed by atoms with van der Waals surface area (Å²) in [6.45, 7) is 2.61. The zero-order valence-electron chi connectivity index (χ0n) is 10.5. The Morgan fingerprint density at radius 2 is 2.21 bits per heavy atom. The number of phenolic OH excluding ortho intramolecular Hbond substituents is 1. The molecule has 2 rings (SSSR count). The van der Waals surface area contributed by atoms with Gasteiger partial charge in [-0.1, -0.05) is 0 Å². The summed E-state index contributed by atoms with van der Waals surface area (Å²) < 4.78 is 18.1. The second-order valence-electron chi connectivity index (χ2n) is 4.11. The van der Waals surface area contributed by atoms with Crippen molar-refractivity contribution >= 4 is 5.91 Å². The highest BCUT2D eigenvalue weighted by Crippen LogP contribution is 2.20. The Balaban J connectivity index is 2.23. The van der Waals surface area contributed by atoms with Crippen LogP contribution < -0.4 is 0 Å². The van der Waals surface area contributed by atoms with Gasteiger partial charge in [0.1, 0.15) is 11.6 Å². The van der Waals surface area contributed by atoms with Crippen LogP contribution in [0, 0.1) is 5.82 Å². The summed E-state index contributed by atoms with van der Waals surface area (Å²) in [5.41, 5.74) is 0.802. The van der Waals surface area contributed by atoms with Gasteiger partial charge in [0.05, 0.1) is 18.1 Å². The molecule has 0 saturated carbocycles. The van der Waals surface area contributed by atoms with E-state index in [2.05, 4.69) is 0 Å². The maximum atomic E-state index is 13.2. The first-order chi connectivity index (χ1) is 9.11. The Bertz CT molecular complexity index is 566. The van der Waals surface area contributed by atoms with Crippen molar-refractivity contribution in [1.82, 2.24) is 4.90 Å². The number of rotatable bonds is 4. The van der Waals surface area contributed by atoms with Gasteiger partial charge in [-0.2, -0.15) is 0 Å². The Labute approximate surface area is 110 Å². The fraction of sp³-hybridized carbons (Fsp3) is 0.214. The van der Waals surface area contributed by atoms with E-state index in [1.54, 1.807) is 12.3 Å². The van der Waals surface area contributed by atoms with Gasteiger partial charge in [0.15, 0.2) is 0 Å². The fourth-order valence-electron chi connectivity index (χ4n) is 1.78. The fourth-order valence-corrected chi connectivity index (χ4v) is 1.78. The molecule has 2 aromatic rings. The molecule has 1 aromatic carbocycles. The van der Waals surface area contributed by atoms with Crippen molar-refractivity contribution in [2.24, 2.45) is 0 Å². The SMILES string of the molecule is CCN(Cc1ccoc1)C(=O)c1cc(F)ccc1O. The van der Waals surface area contributed by atoms with Crippen LogP contribution in [0.1, 0.15) is 22.8 Å². The van der Waals surface area contributed by atoms with E-state index in [0.29, 0.717) is 13.1 Å². The molecule has 4 nitrogen and oxygen atoms in total. The van der Waals surface area contributed by atoms with Gasteiger partial charge in [0.25, 0.3) is 5.91 Å². The van der Waals surface area contributed by atoms with Crippen LogP contribution in [0.25, 0.3) is 0 Å². The zero-order chi connectivity index (χ0) is 13.8. The molecule has 1 amide bonds. The lowest BCUT2D eigenvalue weighted by molar-refractivity contribution is 0.0749. The third kappa shape index (κ3) is 2.93. The first kappa shape index (κ1) is 13.1. The highest BCUT2D eigenvalue weighted by atomic mass is 19.1. The summed E-state index contributed by atoms with van der Waals surface area (Å²) in [4.78, 5) is 13.7. The minimum atomic E-state index is -0.555. The molecule has 0 fully saturated rings. The summed E-state index contributed by atoms with van der Waals surface area (Å²) in [5.74, 6) is -1.20. The second-order valence-corrected chi connectivity index (χ2v) is 4.11. The number of carbonyl (C=O) groups is 1. The number of nitrogens with zero attached hydrogens (tertiary/aromatic N) is 1. The maximum absolute atomic E-state index is 13.2. The van der Waals surface area contributed by atoms with E-state index in [0.717, 1.165) is 17.7 Å². The number of amides is 1. The van der Waals surface area contributed by atoms with Crippen molar-refractivity contribution in [3.8, 4) is 5.75 Å². The highest BCUT2D eigenvalue weighted by Gasteiger charge is 2.19. The van der Waals surface area contributed by atoms with Gasteiger partial charge in [-0.3, -0.25) is 4.79 Å². The van der Waals surface area contributed by atoms with E-state index in [4.69, 9.17) is 4.42 Å². The van der Waals surface area contributed by atoms with Gasteiger partial charge >= 0.3 is 0 Å². The number of furan rings is 1. The second kappa shape index (κ2) is 5.56. The molecular formula is C14H14FNO3. The number of hydrogen-bond acceptors (Lipinski definition) is 3. The van der Waals surface area contributed by atoms with Crippen LogP contribution in [0.3, 0.4) is 0 Å². The van der Waals surface area contributed by atoms with E-state index >= 15 is 0 Å². The molecule has 0 spiro atoms. The van der Waals surface area contributed by atoms with Crippen LogP contribution in [0.5, 0.6) is 5.75 Å². The molecule has 0 aliphatic heterocycles. The monoisotopic (exact) mass is 263 g/mol. The molecule has 0 unspecified atom stereocenters. The largest absolute Gasteiger partial charge is 0.507 e. The molecule has 0 saturated heterocycles. The van der Waals surface area contributed by atoms with Gasteiger partial charge < -0.3 is 14.4 Å². The first-order valence-corrected chi connectivity index (χ1v) is 5.90. The van der Waals surface area contributed by atoms with E-state index in [1.165, 1.54) is 17.2 Å². The lowest BCUT2D eigenvalue weighted by Crippen LogP contribution is -2.30. The molecule has 0 aliphatic rings. The Hall–Kier alpha value is -2.30. The van der Waals surface area contributed by atoms with Gasteiger partial charge in [-0.25, -0.2) is 4.39 Å². The van der Waals surface area contributed by atoms with Crippen molar-refractivity contribution in [2.75, 3.05) is 6.54 Å². The minimum absolute atomic E-state index is 0.0367. The summed E-state index contributed by atoms with van der Waals surface area (Å²) >= 11 is 0. The molecular weight excluding hydrogens is 249 g/mol. The molecule has 1 aromatic heterocycles. The van der Waals surface area contributed by atoms with E-state index in [9.17, 15) is 14.3 Å². The van der Waals surface area contributed by atoms with Gasteiger partial charge in [0.2, 0.25) is 0 Å². The third-order valence-electron chi connectivity index (χ3n) is 2.81.